The molecule has 0 aliphatic carbocycles. The van der Waals surface area contributed by atoms with Crippen LogP contribution in [0.15, 0.2) is 21.7 Å². The third-order valence-electron chi connectivity index (χ3n) is 1.87. The highest BCUT2D eigenvalue weighted by atomic mass is 32.1. The van der Waals surface area contributed by atoms with Crippen LogP contribution in [0.5, 0.6) is 5.75 Å². The summed E-state index contributed by atoms with van der Waals surface area (Å²) in [5, 5.41) is 9.13. The van der Waals surface area contributed by atoms with Crippen LogP contribution in [0.4, 0.5) is 0 Å². The molecule has 1 N–H and O–H groups in total. The summed E-state index contributed by atoms with van der Waals surface area (Å²) in [4.78, 5) is 23.4. The summed E-state index contributed by atoms with van der Waals surface area (Å²) >= 11 is 1.39. The van der Waals surface area contributed by atoms with Crippen molar-refractivity contribution in [3.8, 4) is 16.2 Å². The Morgan fingerprint density at radius 1 is 1.23 bits per heavy atom. The van der Waals surface area contributed by atoms with Crippen LogP contribution in [0.3, 0.4) is 0 Å². The number of aromatic hydroxyl groups is 1. The fraction of sp³-hybridized carbons (Fsp3) is 0.111. The molecule has 0 bridgehead atoms. The van der Waals surface area contributed by atoms with Gasteiger partial charge in [0.2, 0.25) is 5.43 Å². The Balaban J connectivity index is 2.62. The monoisotopic (exact) mass is 194 g/mol. The first-order valence-corrected chi connectivity index (χ1v) is 4.52. The van der Waals surface area contributed by atoms with E-state index in [1.54, 1.807) is 6.07 Å². The molecule has 13 heavy (non-hydrogen) atoms. The third kappa shape index (κ3) is 1.02. The summed E-state index contributed by atoms with van der Waals surface area (Å²) < 4.78 is 0. The van der Waals surface area contributed by atoms with Crippen molar-refractivity contribution in [2.24, 2.45) is 0 Å². The van der Waals surface area contributed by atoms with Gasteiger partial charge in [-0.05, 0) is 19.1 Å². The number of hydrogen-bond acceptors (Lipinski definition) is 4. The number of hydrogen-bond donors (Lipinski definition) is 1. The largest absolute Gasteiger partial charge is 0.503 e. The predicted molar refractivity (Wildman–Crippen MR) is 51.1 cm³/mol. The fourth-order valence-electron chi connectivity index (χ4n) is 1.18. The molecular weight excluding hydrogens is 188 g/mol. The van der Waals surface area contributed by atoms with Gasteiger partial charge in [0.25, 0.3) is 5.43 Å². The Bertz CT molecular complexity index is 529. The molecule has 1 aromatic carbocycles. The third-order valence-corrected chi connectivity index (χ3v) is 2.89. The number of rotatable bonds is 1. The molecule has 0 aliphatic heterocycles. The molecule has 3 nitrogen and oxygen atoms in total. The maximum absolute atomic E-state index is 11.0. The highest BCUT2D eigenvalue weighted by molar-refractivity contribution is 7.15. The Hall–Kier alpha value is -1.42. The summed E-state index contributed by atoms with van der Waals surface area (Å²) in [6, 6.07) is 3.58. The lowest BCUT2D eigenvalue weighted by Crippen LogP contribution is -2.31. The second-order valence-corrected chi connectivity index (χ2v) is 4.08. The van der Waals surface area contributed by atoms with Gasteiger partial charge in [0.1, 0.15) is 0 Å². The maximum Gasteiger partial charge on any atom is 0.268 e. The van der Waals surface area contributed by atoms with Crippen LogP contribution in [0.2, 0.25) is 0 Å². The molecule has 0 aliphatic rings. The lowest BCUT2D eigenvalue weighted by atomic mass is 10.1. The highest BCUT2D eigenvalue weighted by Gasteiger charge is 2.22. The zero-order valence-corrected chi connectivity index (χ0v) is 7.64. The molecule has 2 rings (SSSR count). The molecule has 4 heteroatoms. The molecular formula is C9H6O3S. The topological polar surface area (TPSA) is 54.4 Å². The molecule has 2 aromatic rings. The van der Waals surface area contributed by atoms with Gasteiger partial charge in [-0.1, -0.05) is 0 Å². The molecule has 0 atom stereocenters. The minimum absolute atomic E-state index is 0.170. The Morgan fingerprint density at radius 2 is 1.92 bits per heavy atom. The van der Waals surface area contributed by atoms with Crippen molar-refractivity contribution in [1.29, 1.82) is 0 Å². The summed E-state index contributed by atoms with van der Waals surface area (Å²) in [5.74, 6) is -0.396. The smallest absolute Gasteiger partial charge is 0.268 e. The Morgan fingerprint density at radius 3 is 2.38 bits per heavy atom. The molecule has 0 saturated heterocycles. The Labute approximate surface area is 77.6 Å². The van der Waals surface area contributed by atoms with Crippen molar-refractivity contribution < 1.29 is 5.11 Å². The molecule has 0 saturated carbocycles. The minimum Gasteiger partial charge on any atom is -0.503 e. The zero-order chi connectivity index (χ0) is 9.59. The Kier molecular flexibility index (Phi) is 1.60. The van der Waals surface area contributed by atoms with Crippen molar-refractivity contribution in [2.45, 2.75) is 6.92 Å². The van der Waals surface area contributed by atoms with E-state index in [9.17, 15) is 9.59 Å². The second kappa shape index (κ2) is 2.53. The van der Waals surface area contributed by atoms with Crippen molar-refractivity contribution >= 4 is 11.3 Å². The van der Waals surface area contributed by atoms with Crippen molar-refractivity contribution in [1.82, 2.24) is 0 Å². The molecule has 0 unspecified atom stereocenters. The molecule has 0 fully saturated rings. The first-order chi connectivity index (χ1) is 6.11. The van der Waals surface area contributed by atoms with Gasteiger partial charge in [0.15, 0.2) is 5.75 Å². The van der Waals surface area contributed by atoms with Gasteiger partial charge in [0.05, 0.1) is 5.56 Å². The molecule has 1 aromatic heterocycles. The van der Waals surface area contributed by atoms with E-state index >= 15 is 0 Å². The summed E-state index contributed by atoms with van der Waals surface area (Å²) in [6.07, 6.45) is 0. The predicted octanol–water partition coefficient (Wildman–Crippen LogP) is 1.03. The average molecular weight is 194 g/mol. The van der Waals surface area contributed by atoms with Crippen LogP contribution in [0.1, 0.15) is 4.88 Å². The zero-order valence-electron chi connectivity index (χ0n) is 6.83. The fourth-order valence-corrected chi connectivity index (χ4v) is 2.09. The van der Waals surface area contributed by atoms with Crippen molar-refractivity contribution in [3.63, 3.8) is 0 Å². The molecule has 0 radical (unpaired) electrons. The van der Waals surface area contributed by atoms with Gasteiger partial charge >= 0.3 is 0 Å². The summed E-state index contributed by atoms with van der Waals surface area (Å²) in [7, 11) is 0. The van der Waals surface area contributed by atoms with E-state index in [0.29, 0.717) is 4.88 Å². The average Bonchev–Trinajstić information content (AvgIpc) is 2.51. The van der Waals surface area contributed by atoms with Crippen LogP contribution >= 0.6 is 11.3 Å². The highest BCUT2D eigenvalue weighted by Crippen LogP contribution is 2.30. The van der Waals surface area contributed by atoms with Crippen LogP contribution < -0.4 is 10.9 Å². The summed E-state index contributed by atoms with van der Waals surface area (Å²) in [5.41, 5.74) is -1.19. The quantitative estimate of drug-likeness (QED) is 0.690. The molecule has 66 valence electrons. The van der Waals surface area contributed by atoms with Gasteiger partial charge in [0, 0.05) is 9.75 Å². The second-order valence-electron chi connectivity index (χ2n) is 2.79. The van der Waals surface area contributed by atoms with E-state index in [1.165, 1.54) is 11.3 Å². The van der Waals surface area contributed by atoms with Gasteiger partial charge < -0.3 is 5.11 Å². The van der Waals surface area contributed by atoms with Gasteiger partial charge in [-0.15, -0.1) is 11.3 Å². The number of thiophene rings is 1. The van der Waals surface area contributed by atoms with Gasteiger partial charge in [-0.3, -0.25) is 9.59 Å². The standard InChI is InChI=1S/C9H6O3S/c1-4-2-3-5(13-4)6-7(10)9(12)8(6)11/h2-3,10H,1H3. The maximum atomic E-state index is 11.0. The molecule has 1 heterocycles. The van der Waals surface area contributed by atoms with E-state index < -0.39 is 16.6 Å². The molecule has 0 spiro atoms. The van der Waals surface area contributed by atoms with Crippen molar-refractivity contribution in [2.75, 3.05) is 0 Å². The number of aryl methyl sites for hydroxylation is 1. The first kappa shape index (κ1) is 8.19. The SMILES string of the molecule is Cc1ccc(-c2c(O)c(=O)c2=O)s1. The minimum atomic E-state index is -0.777. The summed E-state index contributed by atoms with van der Waals surface area (Å²) in [6.45, 7) is 1.90. The van der Waals surface area contributed by atoms with E-state index in [2.05, 4.69) is 0 Å². The normalized spacial score (nSPS) is 10.8. The first-order valence-electron chi connectivity index (χ1n) is 3.70. The van der Waals surface area contributed by atoms with E-state index in [0.717, 1.165) is 4.88 Å². The van der Waals surface area contributed by atoms with Crippen LogP contribution in [0.25, 0.3) is 10.4 Å². The van der Waals surface area contributed by atoms with Gasteiger partial charge in [-0.2, -0.15) is 0 Å². The van der Waals surface area contributed by atoms with Crippen LogP contribution in [-0.2, 0) is 0 Å². The van der Waals surface area contributed by atoms with E-state index in [-0.39, 0.29) is 5.56 Å². The van der Waals surface area contributed by atoms with Crippen LogP contribution in [-0.4, -0.2) is 5.11 Å². The van der Waals surface area contributed by atoms with E-state index in [4.69, 9.17) is 5.11 Å². The van der Waals surface area contributed by atoms with E-state index in [1.807, 2.05) is 13.0 Å². The molecule has 0 amide bonds. The lowest BCUT2D eigenvalue weighted by Gasteiger charge is -2.00. The van der Waals surface area contributed by atoms with Crippen molar-refractivity contribution in [3.05, 3.63) is 37.5 Å². The van der Waals surface area contributed by atoms with Crippen LogP contribution in [0, 0.1) is 6.92 Å². The van der Waals surface area contributed by atoms with Gasteiger partial charge in [-0.25, -0.2) is 0 Å². The lowest BCUT2D eigenvalue weighted by molar-refractivity contribution is 0.466.